The molecule has 0 aliphatic carbocycles. The predicted molar refractivity (Wildman–Crippen MR) is 90.9 cm³/mol. The molecule has 3 heteroatoms. The van der Waals surface area contributed by atoms with Gasteiger partial charge < -0.3 is 10.6 Å². The zero-order chi connectivity index (χ0) is 15.7. The predicted octanol–water partition coefficient (Wildman–Crippen LogP) is 4.23. The SMILES string of the molecule is CCCCCNCCC(=O)Nc1c(C)cccc1C(C)C. The summed E-state index contributed by atoms with van der Waals surface area (Å²) >= 11 is 0. The van der Waals surface area contributed by atoms with Crippen LogP contribution in [0, 0.1) is 6.92 Å². The van der Waals surface area contributed by atoms with E-state index >= 15 is 0 Å². The van der Waals surface area contributed by atoms with Gasteiger partial charge in [-0.25, -0.2) is 0 Å². The van der Waals surface area contributed by atoms with Crippen LogP contribution in [0.1, 0.15) is 63.5 Å². The van der Waals surface area contributed by atoms with Gasteiger partial charge >= 0.3 is 0 Å². The number of aryl methyl sites for hydroxylation is 1. The average Bonchev–Trinajstić information content (AvgIpc) is 2.44. The molecule has 0 saturated heterocycles. The van der Waals surface area contributed by atoms with Gasteiger partial charge in [0, 0.05) is 18.7 Å². The van der Waals surface area contributed by atoms with E-state index < -0.39 is 0 Å². The molecule has 1 rings (SSSR count). The molecular weight excluding hydrogens is 260 g/mol. The van der Waals surface area contributed by atoms with Crippen molar-refractivity contribution in [2.45, 2.75) is 59.3 Å². The maximum Gasteiger partial charge on any atom is 0.225 e. The Morgan fingerprint density at radius 2 is 1.95 bits per heavy atom. The number of carbonyl (C=O) groups is 1. The van der Waals surface area contributed by atoms with Crippen LogP contribution in [-0.2, 0) is 4.79 Å². The molecular formula is C18H30N2O. The van der Waals surface area contributed by atoms with Crippen molar-refractivity contribution in [3.05, 3.63) is 29.3 Å². The van der Waals surface area contributed by atoms with Gasteiger partial charge in [0.1, 0.15) is 0 Å². The lowest BCUT2D eigenvalue weighted by Crippen LogP contribution is -2.23. The van der Waals surface area contributed by atoms with Gasteiger partial charge in [-0.3, -0.25) is 4.79 Å². The molecule has 1 aromatic rings. The zero-order valence-corrected chi connectivity index (χ0v) is 14.0. The molecule has 3 nitrogen and oxygen atoms in total. The van der Waals surface area contributed by atoms with Gasteiger partial charge in [0.05, 0.1) is 0 Å². The maximum absolute atomic E-state index is 12.1. The number of rotatable bonds is 9. The first-order valence-corrected chi connectivity index (χ1v) is 8.16. The second-order valence-electron chi connectivity index (χ2n) is 5.95. The molecule has 0 aliphatic heterocycles. The first-order valence-electron chi connectivity index (χ1n) is 8.16. The first kappa shape index (κ1) is 17.7. The number of para-hydroxylation sites is 1. The molecule has 0 bridgehead atoms. The summed E-state index contributed by atoms with van der Waals surface area (Å²) in [6, 6.07) is 6.19. The van der Waals surface area contributed by atoms with E-state index in [4.69, 9.17) is 0 Å². The normalized spacial score (nSPS) is 10.9. The van der Waals surface area contributed by atoms with Crippen molar-refractivity contribution in [2.24, 2.45) is 0 Å². The van der Waals surface area contributed by atoms with Gasteiger partial charge in [-0.1, -0.05) is 51.8 Å². The summed E-state index contributed by atoms with van der Waals surface area (Å²) in [4.78, 5) is 12.1. The highest BCUT2D eigenvalue weighted by atomic mass is 16.1. The van der Waals surface area contributed by atoms with E-state index in [0.717, 1.165) is 24.3 Å². The molecule has 118 valence electrons. The van der Waals surface area contributed by atoms with Crippen LogP contribution < -0.4 is 10.6 Å². The lowest BCUT2D eigenvalue weighted by molar-refractivity contribution is -0.116. The van der Waals surface area contributed by atoms with E-state index in [1.54, 1.807) is 0 Å². The fourth-order valence-electron chi connectivity index (χ4n) is 2.37. The Bertz CT molecular complexity index is 441. The molecule has 0 heterocycles. The first-order chi connectivity index (χ1) is 10.1. The minimum absolute atomic E-state index is 0.0918. The number of benzene rings is 1. The summed E-state index contributed by atoms with van der Waals surface area (Å²) < 4.78 is 0. The summed E-state index contributed by atoms with van der Waals surface area (Å²) in [6.07, 6.45) is 4.19. The van der Waals surface area contributed by atoms with Crippen LogP contribution >= 0.6 is 0 Å². The van der Waals surface area contributed by atoms with Crippen molar-refractivity contribution in [2.75, 3.05) is 18.4 Å². The fraction of sp³-hybridized carbons (Fsp3) is 0.611. The van der Waals surface area contributed by atoms with Gasteiger partial charge in [0.25, 0.3) is 0 Å². The largest absolute Gasteiger partial charge is 0.326 e. The molecule has 0 unspecified atom stereocenters. The van der Waals surface area contributed by atoms with Gasteiger partial charge in [-0.2, -0.15) is 0 Å². The average molecular weight is 290 g/mol. The van der Waals surface area contributed by atoms with E-state index in [1.165, 1.54) is 24.8 Å². The third-order valence-corrected chi connectivity index (χ3v) is 3.68. The maximum atomic E-state index is 12.1. The molecule has 0 aliphatic rings. The number of hydrogen-bond donors (Lipinski definition) is 2. The topological polar surface area (TPSA) is 41.1 Å². The number of carbonyl (C=O) groups excluding carboxylic acids is 1. The van der Waals surface area contributed by atoms with Crippen LogP contribution in [0.5, 0.6) is 0 Å². The van der Waals surface area contributed by atoms with Crippen molar-refractivity contribution in [1.82, 2.24) is 5.32 Å². The van der Waals surface area contributed by atoms with Crippen molar-refractivity contribution in [1.29, 1.82) is 0 Å². The van der Waals surface area contributed by atoms with Crippen LogP contribution in [0.15, 0.2) is 18.2 Å². The number of unbranched alkanes of at least 4 members (excludes halogenated alkanes) is 2. The molecule has 2 N–H and O–H groups in total. The molecule has 0 spiro atoms. The fourth-order valence-corrected chi connectivity index (χ4v) is 2.37. The zero-order valence-electron chi connectivity index (χ0n) is 14.0. The molecule has 1 aromatic carbocycles. The smallest absolute Gasteiger partial charge is 0.225 e. The number of nitrogens with one attached hydrogen (secondary N) is 2. The van der Waals surface area contributed by atoms with Crippen molar-refractivity contribution in [3.8, 4) is 0 Å². The van der Waals surface area contributed by atoms with E-state index in [9.17, 15) is 4.79 Å². The van der Waals surface area contributed by atoms with E-state index in [0.29, 0.717) is 12.3 Å². The second kappa shape index (κ2) is 9.56. The highest BCUT2D eigenvalue weighted by molar-refractivity contribution is 5.92. The summed E-state index contributed by atoms with van der Waals surface area (Å²) in [5.74, 6) is 0.501. The number of hydrogen-bond acceptors (Lipinski definition) is 2. The minimum atomic E-state index is 0.0918. The highest BCUT2D eigenvalue weighted by Gasteiger charge is 2.11. The van der Waals surface area contributed by atoms with Gasteiger partial charge in [0.2, 0.25) is 5.91 Å². The number of anilines is 1. The van der Waals surface area contributed by atoms with Crippen molar-refractivity contribution in [3.63, 3.8) is 0 Å². The molecule has 21 heavy (non-hydrogen) atoms. The van der Waals surface area contributed by atoms with Crippen molar-refractivity contribution >= 4 is 11.6 Å². The quantitative estimate of drug-likeness (QED) is 0.668. The third-order valence-electron chi connectivity index (χ3n) is 3.68. The summed E-state index contributed by atoms with van der Waals surface area (Å²) in [5, 5.41) is 6.41. The van der Waals surface area contributed by atoms with Gasteiger partial charge in [-0.15, -0.1) is 0 Å². The summed E-state index contributed by atoms with van der Waals surface area (Å²) in [7, 11) is 0. The Kier molecular flexibility index (Phi) is 8.06. The molecule has 0 fully saturated rings. The minimum Gasteiger partial charge on any atom is -0.326 e. The van der Waals surface area contributed by atoms with Crippen LogP contribution in [0.25, 0.3) is 0 Å². The summed E-state index contributed by atoms with van der Waals surface area (Å²) in [6.45, 7) is 10.3. The Labute approximate surface area is 129 Å². The van der Waals surface area contributed by atoms with Crippen LogP contribution in [0.3, 0.4) is 0 Å². The highest BCUT2D eigenvalue weighted by Crippen LogP contribution is 2.27. The van der Waals surface area contributed by atoms with E-state index in [1.807, 2.05) is 13.0 Å². The van der Waals surface area contributed by atoms with Crippen LogP contribution in [-0.4, -0.2) is 19.0 Å². The molecule has 1 amide bonds. The van der Waals surface area contributed by atoms with Gasteiger partial charge in [-0.05, 0) is 36.9 Å². The van der Waals surface area contributed by atoms with Crippen LogP contribution in [0.4, 0.5) is 5.69 Å². The third kappa shape index (κ3) is 6.30. The van der Waals surface area contributed by atoms with Crippen molar-refractivity contribution < 1.29 is 4.79 Å². The van der Waals surface area contributed by atoms with E-state index in [2.05, 4.69) is 43.5 Å². The van der Waals surface area contributed by atoms with Crippen LogP contribution in [0.2, 0.25) is 0 Å². The summed E-state index contributed by atoms with van der Waals surface area (Å²) in [5.41, 5.74) is 3.33. The Balaban J connectivity index is 2.44. The number of amides is 1. The monoisotopic (exact) mass is 290 g/mol. The molecule has 0 radical (unpaired) electrons. The Morgan fingerprint density at radius 3 is 2.62 bits per heavy atom. The molecule has 0 saturated carbocycles. The molecule has 0 aromatic heterocycles. The Hall–Kier alpha value is -1.35. The standard InChI is InChI=1S/C18H30N2O/c1-5-6-7-12-19-13-11-17(21)20-18-15(4)9-8-10-16(18)14(2)3/h8-10,14,19H,5-7,11-13H2,1-4H3,(H,20,21). The van der Waals surface area contributed by atoms with Gasteiger partial charge in [0.15, 0.2) is 0 Å². The lowest BCUT2D eigenvalue weighted by atomic mass is 9.98. The Morgan fingerprint density at radius 1 is 1.19 bits per heavy atom. The lowest BCUT2D eigenvalue weighted by Gasteiger charge is -2.16. The second-order valence-corrected chi connectivity index (χ2v) is 5.95. The molecule has 0 atom stereocenters. The van der Waals surface area contributed by atoms with E-state index in [-0.39, 0.29) is 5.91 Å².